The van der Waals surface area contributed by atoms with E-state index in [2.05, 4.69) is 9.97 Å². The van der Waals surface area contributed by atoms with Gasteiger partial charge in [0.25, 0.3) is 5.91 Å². The third kappa shape index (κ3) is 2.90. The molecule has 0 saturated heterocycles. The van der Waals surface area contributed by atoms with Crippen LogP contribution in [0.5, 0.6) is 0 Å². The van der Waals surface area contributed by atoms with Gasteiger partial charge in [-0.3, -0.25) is 9.59 Å². The van der Waals surface area contributed by atoms with Crippen LogP contribution in [-0.2, 0) is 6.54 Å². The Balaban J connectivity index is 2.19. The average Bonchev–Trinajstić information content (AvgIpc) is 2.77. The number of aryl methyl sites for hydroxylation is 2. The monoisotopic (exact) mass is 277 g/mol. The van der Waals surface area contributed by atoms with Crippen molar-refractivity contribution in [2.75, 3.05) is 7.05 Å². The highest BCUT2D eigenvalue weighted by Gasteiger charge is 2.17. The van der Waals surface area contributed by atoms with Crippen molar-refractivity contribution in [2.45, 2.75) is 20.4 Å². The first-order chi connectivity index (χ1) is 8.99. The lowest BCUT2D eigenvalue weighted by atomic mass is 10.2. The summed E-state index contributed by atoms with van der Waals surface area (Å²) in [6.07, 6.45) is 4.79. The fourth-order valence-corrected chi connectivity index (χ4v) is 2.59. The second kappa shape index (κ2) is 5.36. The van der Waals surface area contributed by atoms with E-state index in [1.165, 1.54) is 11.1 Å². The summed E-state index contributed by atoms with van der Waals surface area (Å²) in [6, 6.07) is 0. The zero-order valence-corrected chi connectivity index (χ0v) is 11.9. The Bertz CT molecular complexity index is 660. The first-order valence-electron chi connectivity index (χ1n) is 5.83. The molecule has 2 rings (SSSR count). The molecule has 0 saturated carbocycles. The molecule has 0 radical (unpaired) electrons. The number of thiazole rings is 1. The van der Waals surface area contributed by atoms with Crippen LogP contribution in [0.3, 0.4) is 0 Å². The van der Waals surface area contributed by atoms with Gasteiger partial charge in [0.05, 0.1) is 11.6 Å². The summed E-state index contributed by atoms with van der Waals surface area (Å²) in [6.45, 7) is 4.06. The van der Waals surface area contributed by atoms with E-state index in [4.69, 9.17) is 0 Å². The van der Waals surface area contributed by atoms with Crippen molar-refractivity contribution in [3.63, 3.8) is 0 Å². The Labute approximate surface area is 114 Å². The maximum atomic E-state index is 12.2. The molecule has 19 heavy (non-hydrogen) atoms. The summed E-state index contributed by atoms with van der Waals surface area (Å²) in [4.78, 5) is 33.6. The number of rotatable bonds is 3. The van der Waals surface area contributed by atoms with Gasteiger partial charge in [0, 0.05) is 36.1 Å². The maximum Gasteiger partial charge on any atom is 0.259 e. The number of carbonyl (C=O) groups excluding carboxylic acids is 1. The number of carbonyl (C=O) groups is 1. The quantitative estimate of drug-likeness (QED) is 0.929. The number of H-pyrrole nitrogens is 1. The van der Waals surface area contributed by atoms with Gasteiger partial charge < -0.3 is 9.88 Å². The molecular formula is C13H15N3O2S. The van der Waals surface area contributed by atoms with Crippen molar-refractivity contribution >= 4 is 17.2 Å². The lowest BCUT2D eigenvalue weighted by molar-refractivity contribution is 0.0784. The highest BCUT2D eigenvalue weighted by Crippen LogP contribution is 2.14. The van der Waals surface area contributed by atoms with Gasteiger partial charge in [-0.15, -0.1) is 11.3 Å². The predicted molar refractivity (Wildman–Crippen MR) is 74.4 cm³/mol. The van der Waals surface area contributed by atoms with E-state index in [9.17, 15) is 9.59 Å². The summed E-state index contributed by atoms with van der Waals surface area (Å²) in [5, 5.41) is 0.962. The Kier molecular flexibility index (Phi) is 3.80. The minimum atomic E-state index is -0.281. The molecule has 0 atom stereocenters. The number of nitrogens with zero attached hydrogens (tertiary/aromatic N) is 2. The summed E-state index contributed by atoms with van der Waals surface area (Å²) < 4.78 is 0. The van der Waals surface area contributed by atoms with Crippen molar-refractivity contribution in [2.24, 2.45) is 0 Å². The van der Waals surface area contributed by atoms with Crippen LogP contribution in [0.2, 0.25) is 0 Å². The second-order valence-corrected chi connectivity index (χ2v) is 5.71. The summed E-state index contributed by atoms with van der Waals surface area (Å²) >= 11 is 1.55. The Morgan fingerprint density at radius 3 is 2.79 bits per heavy atom. The number of aromatic amines is 1. The zero-order chi connectivity index (χ0) is 14.0. The van der Waals surface area contributed by atoms with E-state index in [-0.39, 0.29) is 16.9 Å². The van der Waals surface area contributed by atoms with Crippen molar-refractivity contribution < 1.29 is 4.79 Å². The molecule has 2 heterocycles. The van der Waals surface area contributed by atoms with Crippen LogP contribution >= 0.6 is 11.3 Å². The molecule has 0 aliphatic rings. The minimum absolute atomic E-state index is 0.170. The van der Waals surface area contributed by atoms with E-state index in [0.717, 1.165) is 9.88 Å². The smallest absolute Gasteiger partial charge is 0.259 e. The fraction of sp³-hybridized carbons (Fsp3) is 0.308. The predicted octanol–water partition coefficient (Wildman–Crippen LogP) is 1.72. The topological polar surface area (TPSA) is 66.1 Å². The number of hydrogen-bond donors (Lipinski definition) is 1. The van der Waals surface area contributed by atoms with Gasteiger partial charge in [-0.1, -0.05) is 0 Å². The molecule has 2 aromatic heterocycles. The van der Waals surface area contributed by atoms with Crippen LogP contribution in [0.4, 0.5) is 0 Å². The zero-order valence-electron chi connectivity index (χ0n) is 11.1. The molecule has 0 fully saturated rings. The highest BCUT2D eigenvalue weighted by molar-refractivity contribution is 7.11. The molecule has 6 heteroatoms. The van der Waals surface area contributed by atoms with Crippen molar-refractivity contribution in [1.82, 2.24) is 14.9 Å². The summed E-state index contributed by atoms with van der Waals surface area (Å²) in [5.74, 6) is -0.281. The van der Waals surface area contributed by atoms with E-state index in [0.29, 0.717) is 12.1 Å². The second-order valence-electron chi connectivity index (χ2n) is 4.39. The molecule has 0 aliphatic heterocycles. The number of nitrogens with one attached hydrogen (secondary N) is 1. The number of amides is 1. The normalized spacial score (nSPS) is 10.5. The van der Waals surface area contributed by atoms with Crippen molar-refractivity contribution in [3.05, 3.63) is 49.8 Å². The third-order valence-corrected chi connectivity index (χ3v) is 3.67. The molecule has 2 aromatic rings. The molecule has 0 aliphatic carbocycles. The first kappa shape index (κ1) is 13.5. The average molecular weight is 277 g/mol. The van der Waals surface area contributed by atoms with Crippen LogP contribution in [0, 0.1) is 13.8 Å². The van der Waals surface area contributed by atoms with Crippen LogP contribution in [-0.4, -0.2) is 27.8 Å². The molecule has 5 nitrogen and oxygen atoms in total. The fourth-order valence-electron chi connectivity index (χ4n) is 1.74. The van der Waals surface area contributed by atoms with Crippen LogP contribution < -0.4 is 5.43 Å². The largest absolute Gasteiger partial charge is 0.366 e. The molecule has 0 unspecified atom stereocenters. The van der Waals surface area contributed by atoms with E-state index < -0.39 is 0 Å². The molecule has 0 spiro atoms. The third-order valence-electron chi connectivity index (χ3n) is 2.77. The standard InChI is InChI=1S/C13H15N3O2S/c1-8-4-14-6-11(12(8)17)13(18)16(3)7-10-5-15-9(2)19-10/h4-6H,7H2,1-3H3,(H,14,17). The van der Waals surface area contributed by atoms with Gasteiger partial charge in [-0.25, -0.2) is 4.98 Å². The lowest BCUT2D eigenvalue weighted by Gasteiger charge is -2.15. The van der Waals surface area contributed by atoms with E-state index in [1.54, 1.807) is 37.7 Å². The molecule has 1 amide bonds. The van der Waals surface area contributed by atoms with Crippen molar-refractivity contribution in [1.29, 1.82) is 0 Å². The minimum Gasteiger partial charge on any atom is -0.366 e. The number of aromatic nitrogens is 2. The molecular weight excluding hydrogens is 262 g/mol. The van der Waals surface area contributed by atoms with Crippen LogP contribution in [0.1, 0.15) is 25.8 Å². The van der Waals surface area contributed by atoms with Crippen LogP contribution in [0.15, 0.2) is 23.4 Å². The van der Waals surface area contributed by atoms with Gasteiger partial charge in [0.15, 0.2) is 5.43 Å². The highest BCUT2D eigenvalue weighted by atomic mass is 32.1. The molecule has 0 aromatic carbocycles. The molecule has 0 bridgehead atoms. The first-order valence-corrected chi connectivity index (χ1v) is 6.65. The van der Waals surface area contributed by atoms with Crippen LogP contribution in [0.25, 0.3) is 0 Å². The Morgan fingerprint density at radius 2 is 2.16 bits per heavy atom. The summed E-state index contributed by atoms with van der Waals surface area (Å²) in [7, 11) is 1.68. The maximum absolute atomic E-state index is 12.2. The molecule has 100 valence electrons. The number of hydrogen-bond acceptors (Lipinski definition) is 4. The van der Waals surface area contributed by atoms with E-state index >= 15 is 0 Å². The summed E-state index contributed by atoms with van der Waals surface area (Å²) in [5.41, 5.74) is 0.479. The van der Waals surface area contributed by atoms with Crippen molar-refractivity contribution in [3.8, 4) is 0 Å². The van der Waals surface area contributed by atoms with Gasteiger partial charge in [0.2, 0.25) is 0 Å². The lowest BCUT2D eigenvalue weighted by Crippen LogP contribution is -2.31. The van der Waals surface area contributed by atoms with E-state index in [1.807, 2.05) is 6.92 Å². The van der Waals surface area contributed by atoms with Gasteiger partial charge in [-0.05, 0) is 13.8 Å². The Hall–Kier alpha value is -1.95. The van der Waals surface area contributed by atoms with Gasteiger partial charge in [-0.2, -0.15) is 0 Å². The van der Waals surface area contributed by atoms with Gasteiger partial charge in [0.1, 0.15) is 5.56 Å². The van der Waals surface area contributed by atoms with Gasteiger partial charge >= 0.3 is 0 Å². The SMILES string of the molecule is Cc1ncc(CN(C)C(=O)c2c[nH]cc(C)c2=O)s1. The number of pyridine rings is 1. The molecule has 1 N–H and O–H groups in total. The Morgan fingerprint density at radius 1 is 1.42 bits per heavy atom.